The number of hydrogen-bond acceptors (Lipinski definition) is 2. The Bertz CT molecular complexity index is 524. The number of benzene rings is 1. The second-order valence-electron chi connectivity index (χ2n) is 4.19. The van der Waals surface area contributed by atoms with Crippen molar-refractivity contribution in [1.82, 2.24) is 4.90 Å². The molecule has 0 fully saturated rings. The Morgan fingerprint density at radius 3 is 2.83 bits per heavy atom. The van der Waals surface area contributed by atoms with E-state index in [9.17, 15) is 9.18 Å². The van der Waals surface area contributed by atoms with Gasteiger partial charge in [-0.15, -0.1) is 0 Å². The van der Waals surface area contributed by atoms with Crippen LogP contribution in [-0.2, 0) is 17.8 Å². The van der Waals surface area contributed by atoms with Crippen molar-refractivity contribution < 1.29 is 9.18 Å². The smallest absolute Gasteiger partial charge is 0.227 e. The Morgan fingerprint density at radius 1 is 1.33 bits per heavy atom. The second kappa shape index (κ2) is 5.78. The van der Waals surface area contributed by atoms with Crippen molar-refractivity contribution in [1.29, 1.82) is 0 Å². The van der Waals surface area contributed by atoms with Gasteiger partial charge in [-0.25, -0.2) is 4.39 Å². The highest BCUT2D eigenvalue weighted by Gasteiger charge is 2.10. The summed E-state index contributed by atoms with van der Waals surface area (Å²) in [6.07, 6.45) is 0.235. The summed E-state index contributed by atoms with van der Waals surface area (Å²) in [4.78, 5) is 13.6. The predicted octanol–water partition coefficient (Wildman–Crippen LogP) is 3.09. The van der Waals surface area contributed by atoms with Crippen LogP contribution in [0.15, 0.2) is 41.1 Å². The minimum Gasteiger partial charge on any atom is -0.341 e. The Hall–Kier alpha value is -1.68. The Kier molecular flexibility index (Phi) is 4.10. The summed E-state index contributed by atoms with van der Waals surface area (Å²) in [6, 6.07) is 8.16. The van der Waals surface area contributed by atoms with Crippen molar-refractivity contribution in [2.75, 3.05) is 7.05 Å². The first kappa shape index (κ1) is 12.8. The standard InChI is InChI=1S/C14H14FNOS/c1-16(9-12-5-6-18-10-12)14(17)8-11-3-2-4-13(15)7-11/h2-7,10H,8-9H2,1H3. The van der Waals surface area contributed by atoms with Gasteiger partial charge < -0.3 is 4.90 Å². The van der Waals surface area contributed by atoms with Crippen LogP contribution in [0.25, 0.3) is 0 Å². The number of halogens is 1. The molecule has 0 saturated carbocycles. The van der Waals surface area contributed by atoms with Gasteiger partial charge in [-0.1, -0.05) is 12.1 Å². The van der Waals surface area contributed by atoms with E-state index < -0.39 is 0 Å². The molecule has 0 saturated heterocycles. The fourth-order valence-corrected chi connectivity index (χ4v) is 2.36. The summed E-state index contributed by atoms with van der Waals surface area (Å²) >= 11 is 1.61. The lowest BCUT2D eigenvalue weighted by Gasteiger charge is -2.16. The van der Waals surface area contributed by atoms with E-state index in [-0.39, 0.29) is 18.1 Å². The molecular formula is C14H14FNOS. The van der Waals surface area contributed by atoms with Gasteiger partial charge >= 0.3 is 0 Å². The largest absolute Gasteiger partial charge is 0.341 e. The highest BCUT2D eigenvalue weighted by molar-refractivity contribution is 7.07. The maximum atomic E-state index is 13.0. The van der Waals surface area contributed by atoms with Gasteiger partial charge in [0.1, 0.15) is 5.82 Å². The first-order valence-electron chi connectivity index (χ1n) is 5.64. The van der Waals surface area contributed by atoms with E-state index in [1.54, 1.807) is 35.4 Å². The van der Waals surface area contributed by atoms with Crippen molar-refractivity contribution in [2.24, 2.45) is 0 Å². The highest BCUT2D eigenvalue weighted by Crippen LogP contribution is 2.10. The van der Waals surface area contributed by atoms with Crippen LogP contribution < -0.4 is 0 Å². The van der Waals surface area contributed by atoms with Gasteiger partial charge in [0.05, 0.1) is 6.42 Å². The number of hydrogen-bond donors (Lipinski definition) is 0. The normalized spacial score (nSPS) is 10.3. The molecule has 0 radical (unpaired) electrons. The van der Waals surface area contributed by atoms with Crippen LogP contribution in [0.3, 0.4) is 0 Å². The minimum atomic E-state index is -0.305. The van der Waals surface area contributed by atoms with Gasteiger partial charge in [0.25, 0.3) is 0 Å². The van der Waals surface area contributed by atoms with Gasteiger partial charge in [0, 0.05) is 13.6 Å². The van der Waals surface area contributed by atoms with E-state index in [1.165, 1.54) is 12.1 Å². The average Bonchev–Trinajstić information content (AvgIpc) is 2.81. The molecule has 1 aromatic heterocycles. The second-order valence-corrected chi connectivity index (χ2v) is 4.97. The Morgan fingerprint density at radius 2 is 2.17 bits per heavy atom. The molecule has 4 heteroatoms. The van der Waals surface area contributed by atoms with Crippen molar-refractivity contribution in [3.63, 3.8) is 0 Å². The van der Waals surface area contributed by atoms with Crippen LogP contribution in [-0.4, -0.2) is 17.9 Å². The molecule has 94 valence electrons. The molecule has 0 aliphatic rings. The zero-order valence-electron chi connectivity index (χ0n) is 10.1. The first-order valence-corrected chi connectivity index (χ1v) is 6.59. The molecule has 1 amide bonds. The Balaban J connectivity index is 1.95. The molecule has 0 aliphatic carbocycles. The maximum absolute atomic E-state index is 13.0. The van der Waals surface area contributed by atoms with Gasteiger partial charge in [0.15, 0.2) is 0 Å². The molecule has 18 heavy (non-hydrogen) atoms. The summed E-state index contributed by atoms with van der Waals surface area (Å²) in [6.45, 7) is 0.595. The number of amides is 1. The SMILES string of the molecule is CN(Cc1ccsc1)C(=O)Cc1cccc(F)c1. The van der Waals surface area contributed by atoms with Crippen molar-refractivity contribution in [3.8, 4) is 0 Å². The van der Waals surface area contributed by atoms with E-state index in [0.29, 0.717) is 12.1 Å². The van der Waals surface area contributed by atoms with E-state index >= 15 is 0 Å². The van der Waals surface area contributed by atoms with Gasteiger partial charge in [-0.2, -0.15) is 11.3 Å². The van der Waals surface area contributed by atoms with E-state index in [2.05, 4.69) is 0 Å². The molecule has 0 N–H and O–H groups in total. The number of likely N-dealkylation sites (N-methyl/N-ethyl adjacent to an activating group) is 1. The zero-order valence-corrected chi connectivity index (χ0v) is 10.9. The minimum absolute atomic E-state index is 0.00759. The summed E-state index contributed by atoms with van der Waals surface area (Å²) in [5.74, 6) is -0.312. The van der Waals surface area contributed by atoms with Gasteiger partial charge in [-0.3, -0.25) is 4.79 Å². The molecule has 0 aliphatic heterocycles. The highest BCUT2D eigenvalue weighted by atomic mass is 32.1. The van der Waals surface area contributed by atoms with Crippen LogP contribution in [0.4, 0.5) is 4.39 Å². The molecule has 0 atom stereocenters. The molecule has 0 spiro atoms. The van der Waals surface area contributed by atoms with Crippen molar-refractivity contribution in [3.05, 3.63) is 58.0 Å². The third-order valence-electron chi connectivity index (χ3n) is 2.67. The van der Waals surface area contributed by atoms with E-state index in [1.807, 2.05) is 16.8 Å². The quantitative estimate of drug-likeness (QED) is 0.830. The Labute approximate surface area is 110 Å². The van der Waals surface area contributed by atoms with Crippen LogP contribution in [0.1, 0.15) is 11.1 Å². The molecule has 2 nitrogen and oxygen atoms in total. The fraction of sp³-hybridized carbons (Fsp3) is 0.214. The number of carbonyl (C=O) groups is 1. The number of thiophene rings is 1. The summed E-state index contributed by atoms with van der Waals surface area (Å²) in [5, 5.41) is 4.01. The van der Waals surface area contributed by atoms with Crippen LogP contribution in [0, 0.1) is 5.82 Å². The van der Waals surface area contributed by atoms with Crippen LogP contribution >= 0.6 is 11.3 Å². The molecule has 2 rings (SSSR count). The summed E-state index contributed by atoms with van der Waals surface area (Å²) < 4.78 is 13.0. The van der Waals surface area contributed by atoms with E-state index in [4.69, 9.17) is 0 Å². The summed E-state index contributed by atoms with van der Waals surface area (Å²) in [7, 11) is 1.76. The lowest BCUT2D eigenvalue weighted by Crippen LogP contribution is -2.27. The van der Waals surface area contributed by atoms with Gasteiger partial charge in [0.2, 0.25) is 5.91 Å². The third-order valence-corrected chi connectivity index (χ3v) is 3.40. The summed E-state index contributed by atoms with van der Waals surface area (Å²) in [5.41, 5.74) is 1.83. The molecular weight excluding hydrogens is 249 g/mol. The lowest BCUT2D eigenvalue weighted by atomic mass is 10.1. The number of rotatable bonds is 4. The molecule has 1 heterocycles. The van der Waals surface area contributed by atoms with Crippen LogP contribution in [0.5, 0.6) is 0 Å². The fourth-order valence-electron chi connectivity index (χ4n) is 1.70. The molecule has 0 bridgehead atoms. The number of nitrogens with zero attached hydrogens (tertiary/aromatic N) is 1. The van der Waals surface area contributed by atoms with Gasteiger partial charge in [-0.05, 0) is 40.1 Å². The third kappa shape index (κ3) is 3.40. The maximum Gasteiger partial charge on any atom is 0.227 e. The first-order chi connectivity index (χ1) is 8.65. The lowest BCUT2D eigenvalue weighted by molar-refractivity contribution is -0.129. The predicted molar refractivity (Wildman–Crippen MR) is 70.9 cm³/mol. The number of carbonyl (C=O) groups excluding carboxylic acids is 1. The van der Waals surface area contributed by atoms with E-state index in [0.717, 1.165) is 5.56 Å². The van der Waals surface area contributed by atoms with Crippen molar-refractivity contribution >= 4 is 17.2 Å². The van der Waals surface area contributed by atoms with Crippen molar-refractivity contribution in [2.45, 2.75) is 13.0 Å². The molecule has 0 unspecified atom stereocenters. The molecule has 1 aromatic carbocycles. The topological polar surface area (TPSA) is 20.3 Å². The average molecular weight is 263 g/mol. The van der Waals surface area contributed by atoms with Crippen LogP contribution in [0.2, 0.25) is 0 Å². The molecule has 2 aromatic rings. The monoisotopic (exact) mass is 263 g/mol. The zero-order chi connectivity index (χ0) is 13.0.